The Kier molecular flexibility index (Phi) is 5.31. The third-order valence-electron chi connectivity index (χ3n) is 5.81. The largest absolute Gasteiger partial charge is 0.457 e. The molecule has 0 bridgehead atoms. The van der Waals surface area contributed by atoms with Crippen LogP contribution in [0.5, 0.6) is 11.5 Å². The lowest BCUT2D eigenvalue weighted by atomic mass is 9.98. The molecule has 2 aliphatic heterocycles. The van der Waals surface area contributed by atoms with Gasteiger partial charge in [0, 0.05) is 31.2 Å². The molecule has 2 aromatic carbocycles. The van der Waals surface area contributed by atoms with E-state index in [9.17, 15) is 4.79 Å². The summed E-state index contributed by atoms with van der Waals surface area (Å²) in [6.45, 7) is 5.94. The number of hydrogen-bond donors (Lipinski definition) is 0. The van der Waals surface area contributed by atoms with Crippen LogP contribution in [0.1, 0.15) is 41.3 Å². The van der Waals surface area contributed by atoms with Crippen LogP contribution in [0.3, 0.4) is 0 Å². The number of hydrogen-bond acceptors (Lipinski definition) is 4. The van der Waals surface area contributed by atoms with Gasteiger partial charge in [-0.1, -0.05) is 0 Å². The number of nitriles is 1. The van der Waals surface area contributed by atoms with Crippen molar-refractivity contribution in [3.63, 3.8) is 0 Å². The van der Waals surface area contributed by atoms with Gasteiger partial charge in [-0.15, -0.1) is 0 Å². The van der Waals surface area contributed by atoms with Crippen LogP contribution in [0.2, 0.25) is 0 Å². The van der Waals surface area contributed by atoms with Gasteiger partial charge in [-0.2, -0.15) is 5.26 Å². The van der Waals surface area contributed by atoms with Crippen molar-refractivity contribution >= 4 is 5.91 Å². The molecule has 2 heterocycles. The SMILES string of the molecule is C[C@@H]1CCCN1CCN1CCc2cc(Oc3ccc(C#N)cc3)ccc2C1=O. The molecule has 0 spiro atoms. The van der Waals surface area contributed by atoms with E-state index in [1.807, 2.05) is 23.1 Å². The van der Waals surface area contributed by atoms with Gasteiger partial charge in [0.2, 0.25) is 0 Å². The fourth-order valence-corrected chi connectivity index (χ4v) is 4.10. The maximum absolute atomic E-state index is 12.9. The number of benzene rings is 2. The molecule has 1 atom stereocenters. The van der Waals surface area contributed by atoms with Gasteiger partial charge in [-0.25, -0.2) is 0 Å². The van der Waals surface area contributed by atoms with Gasteiger partial charge < -0.3 is 9.64 Å². The van der Waals surface area contributed by atoms with Crippen LogP contribution in [0.25, 0.3) is 0 Å². The summed E-state index contributed by atoms with van der Waals surface area (Å²) in [5.41, 5.74) is 2.43. The fourth-order valence-electron chi connectivity index (χ4n) is 4.10. The molecule has 0 aliphatic carbocycles. The molecular weight excluding hydrogens is 350 g/mol. The highest BCUT2D eigenvalue weighted by atomic mass is 16.5. The van der Waals surface area contributed by atoms with E-state index in [1.54, 1.807) is 24.3 Å². The Labute approximate surface area is 166 Å². The molecule has 1 amide bonds. The Morgan fingerprint density at radius 1 is 1.11 bits per heavy atom. The van der Waals surface area contributed by atoms with Crippen molar-refractivity contribution in [3.8, 4) is 17.6 Å². The van der Waals surface area contributed by atoms with E-state index in [4.69, 9.17) is 10.00 Å². The molecule has 0 radical (unpaired) electrons. The Balaban J connectivity index is 1.41. The lowest BCUT2D eigenvalue weighted by molar-refractivity contribution is 0.0716. The van der Waals surface area contributed by atoms with Crippen molar-refractivity contribution < 1.29 is 9.53 Å². The number of carbonyl (C=O) groups excluding carboxylic acids is 1. The number of likely N-dealkylation sites (tertiary alicyclic amines) is 1. The Morgan fingerprint density at radius 3 is 2.61 bits per heavy atom. The average Bonchev–Trinajstić information content (AvgIpc) is 3.13. The lowest BCUT2D eigenvalue weighted by Gasteiger charge is -2.31. The number of amides is 1. The summed E-state index contributed by atoms with van der Waals surface area (Å²) >= 11 is 0. The second kappa shape index (κ2) is 8.04. The van der Waals surface area contributed by atoms with Crippen LogP contribution in [0.4, 0.5) is 0 Å². The summed E-state index contributed by atoms with van der Waals surface area (Å²) in [5, 5.41) is 8.88. The van der Waals surface area contributed by atoms with Crippen LogP contribution >= 0.6 is 0 Å². The molecule has 0 saturated carbocycles. The fraction of sp³-hybridized carbons (Fsp3) is 0.391. The molecule has 4 rings (SSSR count). The van der Waals surface area contributed by atoms with Crippen LogP contribution in [-0.2, 0) is 6.42 Å². The van der Waals surface area contributed by atoms with Crippen molar-refractivity contribution in [3.05, 3.63) is 59.2 Å². The third kappa shape index (κ3) is 3.88. The Bertz CT molecular complexity index is 901. The normalized spacial score (nSPS) is 19.4. The van der Waals surface area contributed by atoms with Gasteiger partial charge in [0.15, 0.2) is 0 Å². The lowest BCUT2D eigenvalue weighted by Crippen LogP contribution is -2.43. The minimum absolute atomic E-state index is 0.123. The van der Waals surface area contributed by atoms with E-state index in [-0.39, 0.29) is 5.91 Å². The van der Waals surface area contributed by atoms with E-state index in [1.165, 1.54) is 12.8 Å². The summed E-state index contributed by atoms with van der Waals surface area (Å²) in [6.07, 6.45) is 3.37. The van der Waals surface area contributed by atoms with Crippen molar-refractivity contribution in [1.29, 1.82) is 5.26 Å². The first-order valence-electron chi connectivity index (χ1n) is 9.98. The van der Waals surface area contributed by atoms with Crippen molar-refractivity contribution in [2.45, 2.75) is 32.2 Å². The highest BCUT2D eigenvalue weighted by molar-refractivity contribution is 5.97. The van der Waals surface area contributed by atoms with E-state index in [0.717, 1.165) is 49.5 Å². The monoisotopic (exact) mass is 375 g/mol. The molecule has 2 aromatic rings. The highest BCUT2D eigenvalue weighted by Gasteiger charge is 2.26. The van der Waals surface area contributed by atoms with E-state index >= 15 is 0 Å². The molecule has 1 saturated heterocycles. The predicted molar refractivity (Wildman–Crippen MR) is 108 cm³/mol. The second-order valence-corrected chi connectivity index (χ2v) is 7.63. The van der Waals surface area contributed by atoms with Crippen molar-refractivity contribution in [2.24, 2.45) is 0 Å². The maximum atomic E-state index is 12.9. The molecule has 5 heteroatoms. The molecule has 1 fully saturated rings. The van der Waals surface area contributed by atoms with Crippen molar-refractivity contribution in [2.75, 3.05) is 26.2 Å². The zero-order valence-electron chi connectivity index (χ0n) is 16.2. The van der Waals surface area contributed by atoms with E-state index in [0.29, 0.717) is 17.4 Å². The first-order valence-corrected chi connectivity index (χ1v) is 9.98. The first kappa shape index (κ1) is 18.5. The molecule has 0 aromatic heterocycles. The van der Waals surface area contributed by atoms with Crippen LogP contribution in [0.15, 0.2) is 42.5 Å². The Morgan fingerprint density at radius 2 is 1.89 bits per heavy atom. The smallest absolute Gasteiger partial charge is 0.254 e. The molecular formula is C23H25N3O2. The highest BCUT2D eigenvalue weighted by Crippen LogP contribution is 2.28. The third-order valence-corrected chi connectivity index (χ3v) is 5.81. The van der Waals surface area contributed by atoms with Crippen molar-refractivity contribution in [1.82, 2.24) is 9.80 Å². The van der Waals surface area contributed by atoms with Gasteiger partial charge in [0.1, 0.15) is 11.5 Å². The molecule has 144 valence electrons. The summed E-state index contributed by atoms with van der Waals surface area (Å²) in [5.74, 6) is 1.52. The summed E-state index contributed by atoms with van der Waals surface area (Å²) in [4.78, 5) is 17.3. The second-order valence-electron chi connectivity index (χ2n) is 7.63. The summed E-state index contributed by atoms with van der Waals surface area (Å²) in [7, 11) is 0. The topological polar surface area (TPSA) is 56.6 Å². The first-order chi connectivity index (χ1) is 13.6. The number of nitrogens with zero attached hydrogens (tertiary/aromatic N) is 3. The quantitative estimate of drug-likeness (QED) is 0.797. The van der Waals surface area contributed by atoms with Crippen LogP contribution in [0, 0.1) is 11.3 Å². The summed E-state index contributed by atoms with van der Waals surface area (Å²) in [6, 6.07) is 15.4. The molecule has 0 N–H and O–H groups in total. The maximum Gasteiger partial charge on any atom is 0.254 e. The zero-order chi connectivity index (χ0) is 19.5. The van der Waals surface area contributed by atoms with Gasteiger partial charge in [0.25, 0.3) is 5.91 Å². The van der Waals surface area contributed by atoms with Gasteiger partial charge >= 0.3 is 0 Å². The standard InChI is InChI=1S/C23H25N3O2/c1-17-3-2-11-25(17)13-14-26-12-10-19-15-21(8-9-22(19)23(26)27)28-20-6-4-18(16-24)5-7-20/h4-9,15,17H,2-3,10-14H2,1H3/t17-/m1/s1. The number of ether oxygens (including phenoxy) is 1. The number of rotatable bonds is 5. The van der Waals surface area contributed by atoms with Crippen LogP contribution < -0.4 is 4.74 Å². The predicted octanol–water partition coefficient (Wildman–Crippen LogP) is 3.83. The number of fused-ring (bicyclic) bond motifs is 1. The van der Waals surface area contributed by atoms with Gasteiger partial charge in [-0.05, 0) is 80.8 Å². The van der Waals surface area contributed by atoms with Gasteiger partial charge in [-0.3, -0.25) is 9.69 Å². The average molecular weight is 375 g/mol. The van der Waals surface area contributed by atoms with Crippen LogP contribution in [-0.4, -0.2) is 47.9 Å². The Hall–Kier alpha value is -2.84. The summed E-state index contributed by atoms with van der Waals surface area (Å²) < 4.78 is 5.89. The number of carbonyl (C=O) groups is 1. The van der Waals surface area contributed by atoms with Gasteiger partial charge in [0.05, 0.1) is 11.6 Å². The molecule has 5 nitrogen and oxygen atoms in total. The zero-order valence-corrected chi connectivity index (χ0v) is 16.2. The molecule has 2 aliphatic rings. The molecule has 0 unspecified atom stereocenters. The van der Waals surface area contributed by atoms with E-state index < -0.39 is 0 Å². The minimum atomic E-state index is 0.123. The minimum Gasteiger partial charge on any atom is -0.457 e. The molecule has 28 heavy (non-hydrogen) atoms. The van der Waals surface area contributed by atoms with E-state index in [2.05, 4.69) is 17.9 Å².